The smallest absolute Gasteiger partial charge is 0.332 e. The van der Waals surface area contributed by atoms with E-state index in [1.54, 1.807) is 45.0 Å². The number of urea groups is 1. The van der Waals surface area contributed by atoms with E-state index in [0.29, 0.717) is 28.5 Å². The van der Waals surface area contributed by atoms with Crippen LogP contribution in [0.15, 0.2) is 40.9 Å². The van der Waals surface area contributed by atoms with Crippen molar-refractivity contribution in [2.45, 2.75) is 40.7 Å². The van der Waals surface area contributed by atoms with Crippen LogP contribution in [0.5, 0.6) is 0 Å². The number of rotatable bonds is 5. The maximum atomic E-state index is 13.1. The number of Topliss-reactive ketones (excluding diaryl/α,β-unsaturated/α-hetero) is 1. The van der Waals surface area contributed by atoms with Gasteiger partial charge in [-0.1, -0.05) is 22.9 Å². The zero-order valence-corrected chi connectivity index (χ0v) is 18.2. The van der Waals surface area contributed by atoms with Crippen LogP contribution in [0.1, 0.15) is 40.0 Å². The number of carbonyl (C=O) groups excluding carboxylic acids is 3. The van der Waals surface area contributed by atoms with Crippen molar-refractivity contribution < 1.29 is 18.9 Å². The number of hydrogen-bond acceptors (Lipinski definition) is 5. The van der Waals surface area contributed by atoms with E-state index in [9.17, 15) is 14.4 Å². The first kappa shape index (κ1) is 20.6. The fourth-order valence-corrected chi connectivity index (χ4v) is 4.00. The highest BCUT2D eigenvalue weighted by Gasteiger charge is 2.44. The maximum Gasteiger partial charge on any atom is 0.332 e. The van der Waals surface area contributed by atoms with Crippen molar-refractivity contribution in [2.75, 3.05) is 11.4 Å². The lowest BCUT2D eigenvalue weighted by Gasteiger charge is -2.19. The Kier molecular flexibility index (Phi) is 5.00. The molecule has 3 aromatic rings. The number of benzene rings is 1. The first-order valence-electron chi connectivity index (χ1n) is 10.1. The molecule has 3 heterocycles. The van der Waals surface area contributed by atoms with Crippen LogP contribution in [0.3, 0.4) is 0 Å². The SMILES string of the molecule is Cc1ccc(N2C(=O)N(CC(=O)c3cc(C)n(-c4cc(C)on4)c3C)C(=O)[C@@H]2C)cc1. The molecule has 31 heavy (non-hydrogen) atoms. The van der Waals surface area contributed by atoms with E-state index in [2.05, 4.69) is 5.16 Å². The topological polar surface area (TPSA) is 88.7 Å². The molecule has 8 nitrogen and oxygen atoms in total. The van der Waals surface area contributed by atoms with Crippen LogP contribution in [-0.2, 0) is 4.79 Å². The molecule has 0 saturated carbocycles. The third-order valence-electron chi connectivity index (χ3n) is 5.64. The highest BCUT2D eigenvalue weighted by atomic mass is 16.5. The van der Waals surface area contributed by atoms with Crippen LogP contribution >= 0.6 is 0 Å². The number of hydrogen-bond donors (Lipinski definition) is 0. The van der Waals surface area contributed by atoms with Crippen molar-refractivity contribution in [3.8, 4) is 5.82 Å². The van der Waals surface area contributed by atoms with Gasteiger partial charge in [0.2, 0.25) is 0 Å². The van der Waals surface area contributed by atoms with Crippen molar-refractivity contribution in [3.63, 3.8) is 0 Å². The molecule has 3 amide bonds. The van der Waals surface area contributed by atoms with Crippen LogP contribution < -0.4 is 4.90 Å². The Morgan fingerprint density at radius 2 is 1.74 bits per heavy atom. The molecular weight excluding hydrogens is 396 g/mol. The van der Waals surface area contributed by atoms with Gasteiger partial charge in [0.25, 0.3) is 5.91 Å². The highest BCUT2D eigenvalue weighted by molar-refractivity contribution is 6.16. The number of anilines is 1. The van der Waals surface area contributed by atoms with Crippen molar-refractivity contribution in [1.29, 1.82) is 0 Å². The summed E-state index contributed by atoms with van der Waals surface area (Å²) in [5, 5.41) is 4.02. The molecule has 0 radical (unpaired) electrons. The third-order valence-corrected chi connectivity index (χ3v) is 5.64. The molecule has 0 N–H and O–H groups in total. The van der Waals surface area contributed by atoms with Gasteiger partial charge in [0.05, 0.1) is 6.54 Å². The minimum Gasteiger partial charge on any atom is -0.360 e. The van der Waals surface area contributed by atoms with Gasteiger partial charge in [-0.05, 0) is 52.8 Å². The van der Waals surface area contributed by atoms with E-state index in [-0.39, 0.29) is 18.2 Å². The van der Waals surface area contributed by atoms with E-state index < -0.39 is 12.1 Å². The van der Waals surface area contributed by atoms with Crippen molar-refractivity contribution in [1.82, 2.24) is 14.6 Å². The van der Waals surface area contributed by atoms with Crippen LogP contribution in [-0.4, -0.2) is 44.9 Å². The van der Waals surface area contributed by atoms with Gasteiger partial charge in [-0.3, -0.25) is 24.0 Å². The molecule has 160 valence electrons. The van der Waals surface area contributed by atoms with Crippen LogP contribution in [0.25, 0.3) is 5.82 Å². The first-order chi connectivity index (χ1) is 14.7. The molecule has 0 unspecified atom stereocenters. The van der Waals surface area contributed by atoms with Gasteiger partial charge in [0, 0.05) is 28.7 Å². The van der Waals surface area contributed by atoms with E-state index in [0.717, 1.165) is 16.2 Å². The molecule has 1 atom stereocenters. The second kappa shape index (κ2) is 7.54. The van der Waals surface area contributed by atoms with Gasteiger partial charge in [0.15, 0.2) is 11.6 Å². The van der Waals surface area contributed by atoms with Gasteiger partial charge < -0.3 is 4.52 Å². The largest absolute Gasteiger partial charge is 0.360 e. The van der Waals surface area contributed by atoms with E-state index in [1.807, 2.05) is 30.5 Å². The highest BCUT2D eigenvalue weighted by Crippen LogP contribution is 2.27. The lowest BCUT2D eigenvalue weighted by molar-refractivity contribution is -0.126. The standard InChI is InChI=1S/C23H24N4O4/c1-13-6-8-18(9-7-13)27-17(5)22(29)25(23(27)30)12-20(28)19-10-14(2)26(16(19)4)21-11-15(3)31-24-21/h6-11,17H,12H2,1-5H3/t17-/m0/s1. The first-order valence-corrected chi connectivity index (χ1v) is 10.1. The predicted octanol–water partition coefficient (Wildman–Crippen LogP) is 3.74. The summed E-state index contributed by atoms with van der Waals surface area (Å²) in [5.41, 5.74) is 3.62. The van der Waals surface area contributed by atoms with Crippen molar-refractivity contribution in [2.24, 2.45) is 0 Å². The molecule has 0 aliphatic carbocycles. The number of ketones is 1. The van der Waals surface area contributed by atoms with Crippen molar-refractivity contribution in [3.05, 3.63) is 64.7 Å². The average molecular weight is 420 g/mol. The summed E-state index contributed by atoms with van der Waals surface area (Å²) in [4.78, 5) is 41.4. The molecule has 1 aliphatic heterocycles. The van der Waals surface area contributed by atoms with Gasteiger partial charge in [-0.15, -0.1) is 0 Å². The third kappa shape index (κ3) is 3.43. The zero-order chi connectivity index (χ0) is 22.4. The van der Waals surface area contributed by atoms with Crippen LogP contribution in [0.4, 0.5) is 10.5 Å². The average Bonchev–Trinajstić information content (AvgIpc) is 3.34. The minimum absolute atomic E-state index is 0.306. The summed E-state index contributed by atoms with van der Waals surface area (Å²) in [5.74, 6) is 0.548. The predicted molar refractivity (Wildman–Crippen MR) is 115 cm³/mol. The fraction of sp³-hybridized carbons (Fsp3) is 0.304. The number of nitrogens with zero attached hydrogens (tertiary/aromatic N) is 4. The molecule has 1 fully saturated rings. The van der Waals surface area contributed by atoms with Crippen LogP contribution in [0.2, 0.25) is 0 Å². The summed E-state index contributed by atoms with van der Waals surface area (Å²) in [6.45, 7) is 8.77. The molecule has 1 aromatic carbocycles. The van der Waals surface area contributed by atoms with Crippen molar-refractivity contribution >= 4 is 23.4 Å². The fourth-order valence-electron chi connectivity index (χ4n) is 4.00. The van der Waals surface area contributed by atoms with Gasteiger partial charge in [0.1, 0.15) is 11.8 Å². The summed E-state index contributed by atoms with van der Waals surface area (Å²) < 4.78 is 6.97. The molecular formula is C23H24N4O4. The van der Waals surface area contributed by atoms with Gasteiger partial charge in [-0.25, -0.2) is 4.79 Å². The van der Waals surface area contributed by atoms with Gasteiger partial charge in [-0.2, -0.15) is 0 Å². The number of carbonyl (C=O) groups is 3. The molecule has 0 bridgehead atoms. The minimum atomic E-state index is -0.673. The summed E-state index contributed by atoms with van der Waals surface area (Å²) >= 11 is 0. The zero-order valence-electron chi connectivity index (χ0n) is 18.2. The Morgan fingerprint density at radius 1 is 1.06 bits per heavy atom. The summed E-state index contributed by atoms with van der Waals surface area (Å²) in [7, 11) is 0. The monoisotopic (exact) mass is 420 g/mol. The lowest BCUT2D eigenvalue weighted by atomic mass is 10.1. The van der Waals surface area contributed by atoms with Crippen LogP contribution in [0, 0.1) is 27.7 Å². The number of aromatic nitrogens is 2. The molecule has 4 rings (SSSR count). The number of amides is 3. The molecule has 2 aromatic heterocycles. The Morgan fingerprint density at radius 3 is 2.35 bits per heavy atom. The molecule has 0 spiro atoms. The maximum absolute atomic E-state index is 13.1. The van der Waals surface area contributed by atoms with E-state index in [1.165, 1.54) is 4.90 Å². The molecule has 1 saturated heterocycles. The van der Waals surface area contributed by atoms with E-state index >= 15 is 0 Å². The number of imide groups is 1. The van der Waals surface area contributed by atoms with E-state index in [4.69, 9.17) is 4.52 Å². The Balaban J connectivity index is 1.59. The normalized spacial score (nSPS) is 16.5. The Labute approximate surface area is 180 Å². The summed E-state index contributed by atoms with van der Waals surface area (Å²) in [6, 6.07) is 9.73. The quantitative estimate of drug-likeness (QED) is 0.463. The number of aryl methyl sites for hydroxylation is 3. The second-order valence-electron chi connectivity index (χ2n) is 7.93. The second-order valence-corrected chi connectivity index (χ2v) is 7.93. The Hall–Kier alpha value is -3.68. The molecule has 8 heteroatoms. The lowest BCUT2D eigenvalue weighted by Crippen LogP contribution is -2.37. The van der Waals surface area contributed by atoms with Gasteiger partial charge >= 0.3 is 6.03 Å². The Bertz CT molecular complexity index is 1190. The molecule has 1 aliphatic rings. The summed E-state index contributed by atoms with van der Waals surface area (Å²) in [6.07, 6.45) is 0.